The maximum Gasteiger partial charge on any atom is 0.410 e. The highest BCUT2D eigenvalue weighted by atomic mass is 16.6. The second-order valence-electron chi connectivity index (χ2n) is 6.41. The van der Waals surface area contributed by atoms with Crippen LogP contribution in [0.4, 0.5) is 4.79 Å². The molecule has 1 atom stereocenters. The number of hydrogen-bond donors (Lipinski definition) is 1. The first-order valence-corrected chi connectivity index (χ1v) is 6.47. The summed E-state index contributed by atoms with van der Waals surface area (Å²) in [6.45, 7) is 5.75. The Morgan fingerprint density at radius 2 is 1.94 bits per heavy atom. The van der Waals surface area contributed by atoms with Crippen LogP contribution in [-0.2, 0) is 9.53 Å². The summed E-state index contributed by atoms with van der Waals surface area (Å²) in [5, 5.41) is 9.12. The summed E-state index contributed by atoms with van der Waals surface area (Å²) in [4.78, 5) is 24.9. The fourth-order valence-corrected chi connectivity index (χ4v) is 2.86. The van der Waals surface area contributed by atoms with Crippen LogP contribution in [-0.4, -0.2) is 39.8 Å². The van der Waals surface area contributed by atoms with Gasteiger partial charge < -0.3 is 14.7 Å². The van der Waals surface area contributed by atoms with Gasteiger partial charge in [-0.25, -0.2) is 4.79 Å². The molecule has 2 rings (SSSR count). The van der Waals surface area contributed by atoms with E-state index in [1.165, 1.54) is 0 Å². The molecule has 1 N–H and O–H groups in total. The van der Waals surface area contributed by atoms with Crippen LogP contribution < -0.4 is 0 Å². The van der Waals surface area contributed by atoms with Gasteiger partial charge in [0.05, 0.1) is 5.92 Å². The summed E-state index contributed by atoms with van der Waals surface area (Å²) in [6, 6.07) is 0. The van der Waals surface area contributed by atoms with Crippen molar-refractivity contribution in [3.05, 3.63) is 0 Å². The van der Waals surface area contributed by atoms with Crippen LogP contribution in [0, 0.1) is 5.92 Å². The first kappa shape index (κ1) is 13.2. The van der Waals surface area contributed by atoms with Gasteiger partial charge in [-0.05, 0) is 46.5 Å². The number of rotatable bonds is 1. The van der Waals surface area contributed by atoms with Gasteiger partial charge in [-0.2, -0.15) is 0 Å². The van der Waals surface area contributed by atoms with E-state index in [1.807, 2.05) is 20.8 Å². The van der Waals surface area contributed by atoms with Gasteiger partial charge in [-0.1, -0.05) is 0 Å². The average Bonchev–Trinajstić information content (AvgIpc) is 2.53. The van der Waals surface area contributed by atoms with Crippen molar-refractivity contribution in [1.29, 1.82) is 0 Å². The summed E-state index contributed by atoms with van der Waals surface area (Å²) < 4.78 is 5.37. The highest BCUT2D eigenvalue weighted by molar-refractivity contribution is 5.75. The third-order valence-electron chi connectivity index (χ3n) is 3.85. The van der Waals surface area contributed by atoms with E-state index in [0.29, 0.717) is 6.42 Å². The van der Waals surface area contributed by atoms with Crippen LogP contribution in [0.25, 0.3) is 0 Å². The van der Waals surface area contributed by atoms with Crippen LogP contribution in [0.1, 0.15) is 46.5 Å². The predicted molar refractivity (Wildman–Crippen MR) is 65.3 cm³/mol. The zero-order valence-electron chi connectivity index (χ0n) is 11.2. The molecule has 0 bridgehead atoms. The lowest BCUT2D eigenvalue weighted by Crippen LogP contribution is -2.53. The van der Waals surface area contributed by atoms with Crippen LogP contribution in [0.3, 0.4) is 0 Å². The maximum absolute atomic E-state index is 12.1. The molecule has 5 heteroatoms. The first-order chi connectivity index (χ1) is 8.23. The molecular formula is C13H21NO4. The highest BCUT2D eigenvalue weighted by Crippen LogP contribution is 2.48. The summed E-state index contributed by atoms with van der Waals surface area (Å²) in [7, 11) is 0. The van der Waals surface area contributed by atoms with Gasteiger partial charge in [0, 0.05) is 12.1 Å². The molecule has 0 aromatic rings. The van der Waals surface area contributed by atoms with Crippen LogP contribution in [0.2, 0.25) is 0 Å². The highest BCUT2D eigenvalue weighted by Gasteiger charge is 2.54. The van der Waals surface area contributed by atoms with E-state index in [-0.39, 0.29) is 18.2 Å². The Morgan fingerprint density at radius 1 is 1.33 bits per heavy atom. The molecule has 102 valence electrons. The van der Waals surface area contributed by atoms with E-state index in [0.717, 1.165) is 19.3 Å². The zero-order chi connectivity index (χ0) is 13.6. The number of amides is 1. The number of aliphatic carboxylic acids is 1. The molecule has 18 heavy (non-hydrogen) atoms. The fourth-order valence-electron chi connectivity index (χ4n) is 2.86. The number of carboxylic acids is 1. The smallest absolute Gasteiger partial charge is 0.410 e. The molecule has 1 aliphatic heterocycles. The van der Waals surface area contributed by atoms with Gasteiger partial charge >= 0.3 is 12.1 Å². The van der Waals surface area contributed by atoms with Crippen molar-refractivity contribution in [3.63, 3.8) is 0 Å². The van der Waals surface area contributed by atoms with Gasteiger partial charge in [0.2, 0.25) is 0 Å². The largest absolute Gasteiger partial charge is 0.481 e. The monoisotopic (exact) mass is 255 g/mol. The Bertz CT molecular complexity index is 368. The minimum absolute atomic E-state index is 0.245. The number of carbonyl (C=O) groups excluding carboxylic acids is 1. The molecule has 0 radical (unpaired) electrons. The van der Waals surface area contributed by atoms with Gasteiger partial charge in [-0.3, -0.25) is 4.79 Å². The number of carbonyl (C=O) groups is 2. The van der Waals surface area contributed by atoms with E-state index >= 15 is 0 Å². The molecule has 2 aliphatic rings. The van der Waals surface area contributed by atoms with Gasteiger partial charge in [0.1, 0.15) is 5.60 Å². The van der Waals surface area contributed by atoms with Crippen LogP contribution >= 0.6 is 0 Å². The second kappa shape index (κ2) is 4.14. The molecule has 1 heterocycles. The Hall–Kier alpha value is -1.26. The number of carboxylic acid groups (broad SMARTS) is 1. The van der Waals surface area contributed by atoms with Crippen LogP contribution in [0.15, 0.2) is 0 Å². The Kier molecular flexibility index (Phi) is 3.03. The fraction of sp³-hybridized carbons (Fsp3) is 0.846. The minimum atomic E-state index is -0.813. The van der Waals surface area contributed by atoms with E-state index in [9.17, 15) is 9.59 Å². The van der Waals surface area contributed by atoms with Crippen molar-refractivity contribution >= 4 is 12.1 Å². The summed E-state index contributed by atoms with van der Waals surface area (Å²) in [5.74, 6) is -1.26. The predicted octanol–water partition coefficient (Wildman–Crippen LogP) is 2.25. The van der Waals surface area contributed by atoms with Crippen molar-refractivity contribution in [1.82, 2.24) is 4.90 Å². The minimum Gasteiger partial charge on any atom is -0.481 e. The van der Waals surface area contributed by atoms with Gasteiger partial charge in [0.25, 0.3) is 0 Å². The van der Waals surface area contributed by atoms with E-state index in [2.05, 4.69) is 0 Å². The molecule has 1 saturated heterocycles. The SMILES string of the molecule is CC(C)(C)OC(=O)N1CC(C(=O)O)CC12CCC2. The quantitative estimate of drug-likeness (QED) is 0.780. The van der Waals surface area contributed by atoms with E-state index < -0.39 is 17.5 Å². The lowest BCUT2D eigenvalue weighted by molar-refractivity contribution is -0.141. The number of ether oxygens (including phenoxy) is 1. The van der Waals surface area contributed by atoms with Crippen molar-refractivity contribution < 1.29 is 19.4 Å². The van der Waals surface area contributed by atoms with E-state index in [1.54, 1.807) is 4.90 Å². The number of likely N-dealkylation sites (tertiary alicyclic amines) is 1. The normalized spacial score (nSPS) is 25.9. The summed E-state index contributed by atoms with van der Waals surface area (Å²) >= 11 is 0. The van der Waals surface area contributed by atoms with Gasteiger partial charge in [0.15, 0.2) is 0 Å². The lowest BCUT2D eigenvalue weighted by atomic mass is 9.73. The summed E-state index contributed by atoms with van der Waals surface area (Å²) in [6.07, 6.45) is 3.06. The topological polar surface area (TPSA) is 66.8 Å². The Morgan fingerprint density at radius 3 is 2.33 bits per heavy atom. The molecule has 1 amide bonds. The molecule has 2 fully saturated rings. The van der Waals surface area contributed by atoms with Crippen LogP contribution in [0.5, 0.6) is 0 Å². The standard InChI is InChI=1S/C13H21NO4/c1-12(2,3)18-11(17)14-8-9(10(15)16)7-13(14)5-4-6-13/h9H,4-8H2,1-3H3,(H,15,16). The second-order valence-corrected chi connectivity index (χ2v) is 6.41. The van der Waals surface area contributed by atoms with Gasteiger partial charge in [-0.15, -0.1) is 0 Å². The molecule has 1 unspecified atom stereocenters. The van der Waals surface area contributed by atoms with Crippen molar-refractivity contribution in [2.75, 3.05) is 6.54 Å². The molecule has 1 aliphatic carbocycles. The number of nitrogens with zero attached hydrogens (tertiary/aromatic N) is 1. The molecule has 0 aromatic carbocycles. The molecule has 1 saturated carbocycles. The van der Waals surface area contributed by atoms with Crippen molar-refractivity contribution in [2.24, 2.45) is 5.92 Å². The van der Waals surface area contributed by atoms with Crippen molar-refractivity contribution in [3.8, 4) is 0 Å². The molecule has 5 nitrogen and oxygen atoms in total. The van der Waals surface area contributed by atoms with Crippen molar-refractivity contribution in [2.45, 2.75) is 57.6 Å². The lowest BCUT2D eigenvalue weighted by Gasteiger charge is -2.45. The number of hydrogen-bond acceptors (Lipinski definition) is 3. The third-order valence-corrected chi connectivity index (χ3v) is 3.85. The zero-order valence-corrected chi connectivity index (χ0v) is 11.2. The Labute approximate surface area is 107 Å². The molecule has 0 aromatic heterocycles. The molecular weight excluding hydrogens is 234 g/mol. The first-order valence-electron chi connectivity index (χ1n) is 6.47. The van der Waals surface area contributed by atoms with E-state index in [4.69, 9.17) is 9.84 Å². The average molecular weight is 255 g/mol. The summed E-state index contributed by atoms with van der Waals surface area (Å²) in [5.41, 5.74) is -0.783. The third kappa shape index (κ3) is 2.31. The molecule has 1 spiro atoms. The Balaban J connectivity index is 2.11. The maximum atomic E-state index is 12.1.